The van der Waals surface area contributed by atoms with E-state index < -0.39 is 0 Å². The maximum absolute atomic E-state index is 5.84. The molecule has 102 valence electrons. The van der Waals surface area contributed by atoms with Crippen molar-refractivity contribution >= 4 is 44.6 Å². The van der Waals surface area contributed by atoms with Crippen molar-refractivity contribution in [1.82, 2.24) is 4.98 Å². The topological polar surface area (TPSA) is 50.9 Å². The first-order valence-corrected chi connectivity index (χ1v) is 7.69. The maximum Gasteiger partial charge on any atom is 0.140 e. The van der Waals surface area contributed by atoms with E-state index in [1.807, 2.05) is 24.3 Å². The zero-order chi connectivity index (χ0) is 14.1. The van der Waals surface area contributed by atoms with Crippen LogP contribution in [0, 0.1) is 0 Å². The third kappa shape index (κ3) is 2.55. The van der Waals surface area contributed by atoms with Gasteiger partial charge < -0.3 is 11.1 Å². The molecule has 0 saturated carbocycles. The van der Waals surface area contributed by atoms with Crippen molar-refractivity contribution < 1.29 is 0 Å². The summed E-state index contributed by atoms with van der Waals surface area (Å²) in [6, 6.07) is 10.00. The predicted octanol–water partition coefficient (Wildman–Crippen LogP) is 3.71. The molecule has 3 nitrogen and oxygen atoms in total. The first-order valence-electron chi connectivity index (χ1n) is 6.49. The highest BCUT2D eigenvalue weighted by molar-refractivity contribution is 9.10. The Morgan fingerprint density at radius 1 is 1.30 bits per heavy atom. The van der Waals surface area contributed by atoms with Gasteiger partial charge in [-0.05, 0) is 59.0 Å². The second kappa shape index (κ2) is 5.50. The quantitative estimate of drug-likeness (QED) is 0.831. The van der Waals surface area contributed by atoms with Gasteiger partial charge in [0.25, 0.3) is 0 Å². The number of nitrogens with zero attached hydrogens (tertiary/aromatic N) is 1. The second-order valence-electron chi connectivity index (χ2n) is 4.81. The summed E-state index contributed by atoms with van der Waals surface area (Å²) in [4.78, 5) is 5.09. The van der Waals surface area contributed by atoms with Gasteiger partial charge in [0.15, 0.2) is 0 Å². The molecule has 0 fully saturated rings. The number of aryl methyl sites for hydroxylation is 2. The van der Waals surface area contributed by atoms with Crippen molar-refractivity contribution in [2.24, 2.45) is 5.73 Å². The first kappa shape index (κ1) is 13.5. The molecule has 1 heterocycles. The number of anilines is 2. The lowest BCUT2D eigenvalue weighted by atomic mass is 10.1. The molecule has 0 amide bonds. The highest BCUT2D eigenvalue weighted by Gasteiger charge is 2.18. The van der Waals surface area contributed by atoms with Crippen molar-refractivity contribution in [3.63, 3.8) is 0 Å². The summed E-state index contributed by atoms with van der Waals surface area (Å²) in [5.74, 6) is 0.741. The lowest BCUT2D eigenvalue weighted by Gasteiger charge is -2.13. The zero-order valence-electron chi connectivity index (χ0n) is 10.8. The Kier molecular flexibility index (Phi) is 3.72. The first-order chi connectivity index (χ1) is 9.65. The van der Waals surface area contributed by atoms with Crippen LogP contribution in [0.1, 0.15) is 23.2 Å². The largest absolute Gasteiger partial charge is 0.389 e. The molecule has 1 aliphatic rings. The smallest absolute Gasteiger partial charge is 0.140 e. The molecule has 3 N–H and O–H groups in total. The van der Waals surface area contributed by atoms with Crippen LogP contribution in [0.2, 0.25) is 0 Å². The summed E-state index contributed by atoms with van der Waals surface area (Å²) in [6.45, 7) is 0. The number of hydrogen-bond donors (Lipinski definition) is 2. The summed E-state index contributed by atoms with van der Waals surface area (Å²) in [7, 11) is 0. The molecule has 1 aliphatic carbocycles. The number of para-hydroxylation sites is 1. The Labute approximate surface area is 131 Å². The molecule has 0 bridgehead atoms. The number of halogens is 1. The Balaban J connectivity index is 2.04. The van der Waals surface area contributed by atoms with E-state index in [9.17, 15) is 0 Å². The van der Waals surface area contributed by atoms with Gasteiger partial charge in [-0.1, -0.05) is 24.4 Å². The van der Waals surface area contributed by atoms with Crippen LogP contribution in [0.15, 0.2) is 34.8 Å². The summed E-state index contributed by atoms with van der Waals surface area (Å²) < 4.78 is 0.983. The van der Waals surface area contributed by atoms with Crippen molar-refractivity contribution in [2.75, 3.05) is 5.32 Å². The van der Waals surface area contributed by atoms with Gasteiger partial charge in [-0.2, -0.15) is 0 Å². The van der Waals surface area contributed by atoms with E-state index >= 15 is 0 Å². The van der Waals surface area contributed by atoms with Crippen molar-refractivity contribution in [1.29, 1.82) is 0 Å². The number of hydrogen-bond acceptors (Lipinski definition) is 3. The Bertz CT molecular complexity index is 685. The zero-order valence-corrected chi connectivity index (χ0v) is 13.2. The van der Waals surface area contributed by atoms with E-state index in [2.05, 4.69) is 27.3 Å². The fourth-order valence-electron chi connectivity index (χ4n) is 2.45. The molecule has 0 atom stereocenters. The number of thiocarbonyl (C=S) groups is 1. The fourth-order valence-corrected chi connectivity index (χ4v) is 2.98. The van der Waals surface area contributed by atoms with E-state index in [4.69, 9.17) is 22.9 Å². The summed E-state index contributed by atoms with van der Waals surface area (Å²) >= 11 is 8.68. The number of fused-ring (bicyclic) bond motifs is 1. The highest BCUT2D eigenvalue weighted by Crippen LogP contribution is 2.29. The van der Waals surface area contributed by atoms with Crippen LogP contribution in [0.3, 0.4) is 0 Å². The standard InChI is InChI=1S/C15H14BrN3S/c16-11-5-1-2-6-13(11)19-15-10(14(17)20)8-9-4-3-7-12(9)18-15/h1-2,5-6,8H,3-4,7H2,(H2,17,20)(H,18,19). The average molecular weight is 348 g/mol. The van der Waals surface area contributed by atoms with Gasteiger partial charge in [0.05, 0.1) is 11.3 Å². The van der Waals surface area contributed by atoms with Gasteiger partial charge in [-0.3, -0.25) is 0 Å². The van der Waals surface area contributed by atoms with Gasteiger partial charge in [-0.15, -0.1) is 0 Å². The van der Waals surface area contributed by atoms with Crippen molar-refractivity contribution in [3.8, 4) is 0 Å². The molecule has 0 aliphatic heterocycles. The Hall–Kier alpha value is -1.46. The van der Waals surface area contributed by atoms with E-state index in [-0.39, 0.29) is 0 Å². The third-order valence-electron chi connectivity index (χ3n) is 3.44. The number of nitrogens with two attached hydrogens (primary N) is 1. The summed E-state index contributed by atoms with van der Waals surface area (Å²) in [6.07, 6.45) is 3.24. The molecule has 0 unspecified atom stereocenters. The van der Waals surface area contributed by atoms with Gasteiger partial charge in [-0.25, -0.2) is 4.98 Å². The van der Waals surface area contributed by atoms with Crippen LogP contribution in [0.25, 0.3) is 0 Å². The molecular formula is C15H14BrN3S. The molecule has 3 rings (SSSR count). The van der Waals surface area contributed by atoms with Crippen molar-refractivity contribution in [3.05, 3.63) is 51.6 Å². The minimum Gasteiger partial charge on any atom is -0.389 e. The van der Waals surface area contributed by atoms with Gasteiger partial charge in [0.1, 0.15) is 10.8 Å². The molecular weight excluding hydrogens is 334 g/mol. The van der Waals surface area contributed by atoms with Crippen LogP contribution in [0.4, 0.5) is 11.5 Å². The summed E-state index contributed by atoms with van der Waals surface area (Å²) in [5, 5.41) is 3.33. The molecule has 0 radical (unpaired) electrons. The highest BCUT2D eigenvalue weighted by atomic mass is 79.9. The lowest BCUT2D eigenvalue weighted by molar-refractivity contribution is 0.900. The molecule has 20 heavy (non-hydrogen) atoms. The Morgan fingerprint density at radius 3 is 2.85 bits per heavy atom. The van der Waals surface area contributed by atoms with Gasteiger partial charge >= 0.3 is 0 Å². The molecule has 2 aromatic rings. The monoisotopic (exact) mass is 347 g/mol. The van der Waals surface area contributed by atoms with E-state index in [1.165, 1.54) is 5.56 Å². The van der Waals surface area contributed by atoms with Crippen LogP contribution < -0.4 is 11.1 Å². The molecule has 1 aromatic carbocycles. The van der Waals surface area contributed by atoms with Gasteiger partial charge in [0.2, 0.25) is 0 Å². The van der Waals surface area contributed by atoms with E-state index in [0.29, 0.717) is 4.99 Å². The average Bonchev–Trinajstić information content (AvgIpc) is 2.87. The normalized spacial score (nSPS) is 13.1. The van der Waals surface area contributed by atoms with Crippen LogP contribution >= 0.6 is 28.1 Å². The predicted molar refractivity (Wildman–Crippen MR) is 89.6 cm³/mol. The van der Waals surface area contributed by atoms with Crippen LogP contribution in [0.5, 0.6) is 0 Å². The minimum absolute atomic E-state index is 0.377. The molecule has 1 aromatic heterocycles. The molecule has 0 saturated heterocycles. The number of nitrogens with one attached hydrogen (secondary N) is 1. The van der Waals surface area contributed by atoms with Gasteiger partial charge in [0, 0.05) is 10.2 Å². The van der Waals surface area contributed by atoms with E-state index in [0.717, 1.165) is 46.5 Å². The number of pyridine rings is 1. The number of aromatic nitrogens is 1. The minimum atomic E-state index is 0.377. The SMILES string of the molecule is NC(=S)c1cc2c(nc1Nc1ccccc1Br)CCC2. The van der Waals surface area contributed by atoms with Crippen molar-refractivity contribution in [2.45, 2.75) is 19.3 Å². The number of rotatable bonds is 3. The Morgan fingerprint density at radius 2 is 2.10 bits per heavy atom. The molecule has 0 spiro atoms. The van der Waals surface area contributed by atoms with E-state index in [1.54, 1.807) is 0 Å². The lowest BCUT2D eigenvalue weighted by Crippen LogP contribution is -2.14. The molecule has 5 heteroatoms. The van der Waals surface area contributed by atoms with Crippen LogP contribution in [-0.2, 0) is 12.8 Å². The van der Waals surface area contributed by atoms with Crippen LogP contribution in [-0.4, -0.2) is 9.97 Å². The maximum atomic E-state index is 5.84. The fraction of sp³-hybridized carbons (Fsp3) is 0.200. The third-order valence-corrected chi connectivity index (χ3v) is 4.35. The summed E-state index contributed by atoms with van der Waals surface area (Å²) in [5.41, 5.74) is 10.0. The second-order valence-corrected chi connectivity index (χ2v) is 6.11. The number of benzene rings is 1.